The average molecular weight is 395 g/mol. The fraction of sp³-hybridized carbons (Fsp3) is 0.750. The minimum atomic E-state index is -0.712. The van der Waals surface area contributed by atoms with Crippen LogP contribution < -0.4 is 11.1 Å². The van der Waals surface area contributed by atoms with Gasteiger partial charge < -0.3 is 26.0 Å². The molecule has 0 radical (unpaired) electrons. The molecule has 0 aromatic carbocycles. The predicted octanol–water partition coefficient (Wildman–Crippen LogP) is 0.990. The fourth-order valence-electron chi connectivity index (χ4n) is 3.60. The zero-order valence-electron chi connectivity index (χ0n) is 17.4. The predicted molar refractivity (Wildman–Crippen MR) is 106 cm³/mol. The first kappa shape index (κ1) is 22.2. The van der Waals surface area contributed by atoms with Gasteiger partial charge in [0.05, 0.1) is 6.10 Å². The van der Waals surface area contributed by atoms with Gasteiger partial charge in [-0.25, -0.2) is 4.79 Å². The summed E-state index contributed by atoms with van der Waals surface area (Å²) in [6.45, 7) is 9.27. The second kappa shape index (κ2) is 8.94. The van der Waals surface area contributed by atoms with E-state index in [0.717, 1.165) is 12.0 Å². The normalized spacial score (nSPS) is 26.8. The van der Waals surface area contributed by atoms with Crippen LogP contribution in [0.1, 0.15) is 53.4 Å². The lowest BCUT2D eigenvalue weighted by Crippen LogP contribution is -2.50. The Hall–Kier alpha value is -2.09. The van der Waals surface area contributed by atoms with Crippen molar-refractivity contribution in [2.75, 3.05) is 19.6 Å². The van der Waals surface area contributed by atoms with Gasteiger partial charge in [-0.2, -0.15) is 0 Å². The number of rotatable bonds is 3. The van der Waals surface area contributed by atoms with Crippen molar-refractivity contribution in [1.29, 1.82) is 0 Å². The van der Waals surface area contributed by atoms with E-state index >= 15 is 0 Å². The van der Waals surface area contributed by atoms with E-state index in [4.69, 9.17) is 5.73 Å². The van der Waals surface area contributed by atoms with Gasteiger partial charge in [-0.1, -0.05) is 26.3 Å². The van der Waals surface area contributed by atoms with Gasteiger partial charge in [0.1, 0.15) is 6.04 Å². The number of hydrogen-bond acceptors (Lipinski definition) is 4. The maximum Gasteiger partial charge on any atom is 0.315 e. The smallest absolute Gasteiger partial charge is 0.315 e. The summed E-state index contributed by atoms with van der Waals surface area (Å²) in [7, 11) is 0. The van der Waals surface area contributed by atoms with Crippen molar-refractivity contribution in [2.45, 2.75) is 71.6 Å². The van der Waals surface area contributed by atoms with Gasteiger partial charge in [0.25, 0.3) is 0 Å². The molecule has 2 heterocycles. The van der Waals surface area contributed by atoms with E-state index in [1.54, 1.807) is 11.0 Å². The van der Waals surface area contributed by atoms with Crippen LogP contribution in [-0.4, -0.2) is 70.6 Å². The van der Waals surface area contributed by atoms with Crippen molar-refractivity contribution in [3.8, 4) is 0 Å². The van der Waals surface area contributed by atoms with E-state index in [9.17, 15) is 19.5 Å². The lowest BCUT2D eigenvalue weighted by Gasteiger charge is -2.25. The number of nitrogens with zero attached hydrogens (tertiary/aromatic N) is 2. The number of likely N-dealkylation sites (tertiary alicyclic amines) is 2. The number of nitrogens with one attached hydrogen (secondary N) is 1. The number of carbonyl (C=O) groups is 3. The molecule has 0 aromatic heterocycles. The molecular weight excluding hydrogens is 360 g/mol. The summed E-state index contributed by atoms with van der Waals surface area (Å²) < 4.78 is 0. The topological polar surface area (TPSA) is 116 Å². The SMILES string of the molecule is C/C(=C\C(=O)N1CC[C@H](NC(=O)[C@@H]2CCCN2C(N)=O)C[C@H](O)C1)C(C)(C)C. The molecule has 0 saturated carbocycles. The molecule has 2 fully saturated rings. The molecule has 0 spiro atoms. The third kappa shape index (κ3) is 5.70. The number of amides is 4. The summed E-state index contributed by atoms with van der Waals surface area (Å²) in [6.07, 6.45) is 3.19. The Labute approximate surface area is 167 Å². The quantitative estimate of drug-likeness (QED) is 0.619. The van der Waals surface area contributed by atoms with Crippen LogP contribution in [0.5, 0.6) is 0 Å². The molecule has 3 atom stereocenters. The van der Waals surface area contributed by atoms with Crippen LogP contribution in [0.15, 0.2) is 11.6 Å². The Morgan fingerprint density at radius 2 is 1.86 bits per heavy atom. The molecule has 28 heavy (non-hydrogen) atoms. The molecule has 0 aromatic rings. The summed E-state index contributed by atoms with van der Waals surface area (Å²) in [5.41, 5.74) is 6.23. The van der Waals surface area contributed by atoms with Crippen molar-refractivity contribution in [3.63, 3.8) is 0 Å². The third-order valence-corrected chi connectivity index (χ3v) is 5.75. The highest BCUT2D eigenvalue weighted by molar-refractivity contribution is 5.89. The van der Waals surface area contributed by atoms with Crippen LogP contribution in [-0.2, 0) is 9.59 Å². The van der Waals surface area contributed by atoms with Gasteiger partial charge >= 0.3 is 6.03 Å². The van der Waals surface area contributed by atoms with Crippen LogP contribution in [0.3, 0.4) is 0 Å². The molecule has 2 rings (SSSR count). The van der Waals surface area contributed by atoms with Crippen LogP contribution in [0, 0.1) is 5.41 Å². The first-order chi connectivity index (χ1) is 13.0. The minimum Gasteiger partial charge on any atom is -0.391 e. The summed E-state index contributed by atoms with van der Waals surface area (Å²) >= 11 is 0. The van der Waals surface area contributed by atoms with Crippen molar-refractivity contribution in [1.82, 2.24) is 15.1 Å². The molecule has 4 N–H and O–H groups in total. The van der Waals surface area contributed by atoms with E-state index in [2.05, 4.69) is 5.32 Å². The van der Waals surface area contributed by atoms with Crippen LogP contribution in [0.2, 0.25) is 0 Å². The Balaban J connectivity index is 1.97. The Bertz CT molecular complexity index is 641. The Morgan fingerprint density at radius 3 is 2.46 bits per heavy atom. The highest BCUT2D eigenvalue weighted by Crippen LogP contribution is 2.25. The third-order valence-electron chi connectivity index (χ3n) is 5.75. The molecule has 2 aliphatic heterocycles. The molecule has 8 heteroatoms. The summed E-state index contributed by atoms with van der Waals surface area (Å²) in [5.74, 6) is -0.356. The maximum atomic E-state index is 12.6. The molecule has 2 saturated heterocycles. The number of nitrogens with two attached hydrogens (primary N) is 1. The number of carbonyl (C=O) groups excluding carboxylic acids is 3. The van der Waals surface area contributed by atoms with Crippen molar-refractivity contribution in [3.05, 3.63) is 11.6 Å². The van der Waals surface area contributed by atoms with E-state index < -0.39 is 18.2 Å². The van der Waals surface area contributed by atoms with Crippen LogP contribution in [0.4, 0.5) is 4.79 Å². The maximum absolute atomic E-state index is 12.6. The largest absolute Gasteiger partial charge is 0.391 e. The van der Waals surface area contributed by atoms with Gasteiger partial charge in [-0.3, -0.25) is 9.59 Å². The van der Waals surface area contributed by atoms with Crippen LogP contribution in [0.25, 0.3) is 0 Å². The molecule has 2 aliphatic rings. The highest BCUT2D eigenvalue weighted by atomic mass is 16.3. The number of primary amides is 1. The molecular formula is C20H34N4O4. The Morgan fingerprint density at radius 1 is 1.18 bits per heavy atom. The highest BCUT2D eigenvalue weighted by Gasteiger charge is 2.35. The molecule has 158 valence electrons. The van der Waals surface area contributed by atoms with Gasteiger partial charge in [-0.05, 0) is 38.0 Å². The van der Waals surface area contributed by atoms with Crippen molar-refractivity contribution in [2.24, 2.45) is 11.1 Å². The van der Waals surface area contributed by atoms with Crippen molar-refractivity contribution >= 4 is 17.8 Å². The molecule has 0 aliphatic carbocycles. The zero-order valence-corrected chi connectivity index (χ0v) is 17.4. The fourth-order valence-corrected chi connectivity index (χ4v) is 3.60. The molecule has 8 nitrogen and oxygen atoms in total. The number of urea groups is 1. The van der Waals surface area contributed by atoms with E-state index in [-0.39, 0.29) is 29.8 Å². The van der Waals surface area contributed by atoms with Gasteiger partial charge in [0, 0.05) is 31.8 Å². The number of hydrogen-bond donors (Lipinski definition) is 3. The standard InChI is InChI=1S/C20H34N4O4/c1-13(20(2,3)4)10-17(26)23-9-7-14(11-15(25)12-23)22-18(27)16-6-5-8-24(16)19(21)28/h10,14-16,25H,5-9,11-12H2,1-4H3,(H2,21,28)(H,22,27)/b13-10+/t14-,15-,16-/m0/s1. The summed E-state index contributed by atoms with van der Waals surface area (Å²) in [6, 6.07) is -1.38. The first-order valence-electron chi connectivity index (χ1n) is 10.0. The summed E-state index contributed by atoms with van der Waals surface area (Å²) in [5, 5.41) is 13.3. The summed E-state index contributed by atoms with van der Waals surface area (Å²) in [4.78, 5) is 39.7. The van der Waals surface area contributed by atoms with E-state index in [1.807, 2.05) is 27.7 Å². The second-order valence-corrected chi connectivity index (χ2v) is 8.93. The van der Waals surface area contributed by atoms with Gasteiger partial charge in [-0.15, -0.1) is 0 Å². The van der Waals surface area contributed by atoms with E-state index in [1.165, 1.54) is 4.90 Å². The Kier molecular flexibility index (Phi) is 7.09. The minimum absolute atomic E-state index is 0.0930. The lowest BCUT2D eigenvalue weighted by atomic mass is 9.87. The molecule has 0 bridgehead atoms. The first-order valence-corrected chi connectivity index (χ1v) is 10.0. The number of allylic oxidation sites excluding steroid dienone is 1. The molecule has 0 unspecified atom stereocenters. The lowest BCUT2D eigenvalue weighted by molar-refractivity contribution is -0.127. The average Bonchev–Trinajstić information content (AvgIpc) is 3.00. The molecule has 4 amide bonds. The van der Waals surface area contributed by atoms with E-state index in [0.29, 0.717) is 32.4 Å². The number of β-amino-alcohol motifs (C(OH)–C–C–N with tert-alkyl or cyclic N) is 1. The monoisotopic (exact) mass is 394 g/mol. The van der Waals surface area contributed by atoms with Crippen LogP contribution >= 0.6 is 0 Å². The number of aliphatic hydroxyl groups excluding tert-OH is 1. The van der Waals surface area contributed by atoms with Crippen molar-refractivity contribution < 1.29 is 19.5 Å². The second-order valence-electron chi connectivity index (χ2n) is 8.93. The van der Waals surface area contributed by atoms with Gasteiger partial charge in [0.2, 0.25) is 11.8 Å². The number of aliphatic hydroxyl groups is 1. The van der Waals surface area contributed by atoms with Gasteiger partial charge in [0.15, 0.2) is 0 Å². The zero-order chi connectivity index (χ0) is 21.1.